The first-order valence-corrected chi connectivity index (χ1v) is 9.31. The fourth-order valence-corrected chi connectivity index (χ4v) is 3.92. The minimum Gasteiger partial charge on any atom is -0.377 e. The van der Waals surface area contributed by atoms with Gasteiger partial charge in [-0.15, -0.1) is 0 Å². The second-order valence-corrected chi connectivity index (χ2v) is 8.97. The third-order valence-corrected chi connectivity index (χ3v) is 6.87. The molecule has 0 saturated carbocycles. The molecule has 0 aromatic carbocycles. The van der Waals surface area contributed by atoms with Crippen LogP contribution in [0, 0.1) is 0 Å². The van der Waals surface area contributed by atoms with Crippen molar-refractivity contribution < 1.29 is 79.1 Å². The molecule has 0 saturated heterocycles. The smallest absolute Gasteiger partial charge is 0.377 e. The molecular formula is C12H13F15O3Si. The fraction of sp³-hybridized carbons (Fsp3) is 1.00. The van der Waals surface area contributed by atoms with Gasteiger partial charge in [0.15, 0.2) is 0 Å². The Morgan fingerprint density at radius 1 is 0.516 bits per heavy atom. The predicted molar refractivity (Wildman–Crippen MR) is 71.9 cm³/mol. The van der Waals surface area contributed by atoms with Crippen molar-refractivity contribution in [3.63, 3.8) is 0 Å². The summed E-state index contributed by atoms with van der Waals surface area (Å²) < 4.78 is 210. The van der Waals surface area contributed by atoms with Crippen molar-refractivity contribution in [3.8, 4) is 0 Å². The molecule has 0 heterocycles. The van der Waals surface area contributed by atoms with Gasteiger partial charge in [-0.2, -0.15) is 61.5 Å². The lowest BCUT2D eigenvalue weighted by atomic mass is 9.85. The van der Waals surface area contributed by atoms with Gasteiger partial charge in [0, 0.05) is 33.8 Å². The van der Waals surface area contributed by atoms with Crippen LogP contribution in [0.2, 0.25) is 6.04 Å². The molecule has 0 unspecified atom stereocenters. The second kappa shape index (κ2) is 8.43. The average Bonchev–Trinajstić information content (AvgIpc) is 2.60. The summed E-state index contributed by atoms with van der Waals surface area (Å²) in [4.78, 5) is 0. The molecule has 19 heteroatoms. The molecule has 0 bridgehead atoms. The minimum atomic E-state index is -8.43. The highest BCUT2D eigenvalue weighted by Gasteiger charge is 2.95. The monoisotopic (exact) mass is 518 g/mol. The van der Waals surface area contributed by atoms with E-state index in [1.165, 1.54) is 0 Å². The lowest BCUT2D eigenvalue weighted by Gasteiger charge is -2.43. The molecule has 0 amide bonds. The van der Waals surface area contributed by atoms with E-state index in [1.54, 1.807) is 0 Å². The Bertz CT molecular complexity index is 589. The van der Waals surface area contributed by atoms with E-state index in [2.05, 4.69) is 13.3 Å². The highest BCUT2D eigenvalue weighted by Crippen LogP contribution is 2.64. The Morgan fingerprint density at radius 3 is 1.10 bits per heavy atom. The van der Waals surface area contributed by atoms with Crippen LogP contribution in [0.15, 0.2) is 0 Å². The summed E-state index contributed by atoms with van der Waals surface area (Å²) in [6.07, 6.45) is -18.5. The predicted octanol–water partition coefficient (Wildman–Crippen LogP) is 5.63. The van der Waals surface area contributed by atoms with E-state index in [0.717, 1.165) is 0 Å². The number of rotatable bonds is 10. The first-order valence-electron chi connectivity index (χ1n) is 7.38. The van der Waals surface area contributed by atoms with Gasteiger partial charge in [-0.25, -0.2) is 4.39 Å². The maximum atomic E-state index is 13.8. The SMILES string of the molecule is CO[Si](CCC(F)(F)C(F)(F)C(F)(F)C(F)(F)C(F)(C(F)(F)F)C(F)(F)F)(OC)OC. The highest BCUT2D eigenvalue weighted by molar-refractivity contribution is 6.60. The summed E-state index contributed by atoms with van der Waals surface area (Å²) in [6.45, 7) is 0. The van der Waals surface area contributed by atoms with Crippen LogP contribution in [0.25, 0.3) is 0 Å². The van der Waals surface area contributed by atoms with E-state index in [1.807, 2.05) is 0 Å². The lowest BCUT2D eigenvalue weighted by Crippen LogP contribution is -2.75. The Labute approximate surface area is 164 Å². The van der Waals surface area contributed by atoms with Crippen LogP contribution in [-0.2, 0) is 13.3 Å². The van der Waals surface area contributed by atoms with Crippen molar-refractivity contribution >= 4 is 8.80 Å². The molecule has 0 fully saturated rings. The molecule has 0 aromatic rings. The van der Waals surface area contributed by atoms with Gasteiger partial charge in [0.1, 0.15) is 0 Å². The summed E-state index contributed by atoms with van der Waals surface area (Å²) in [5, 5.41) is 0. The van der Waals surface area contributed by atoms with E-state index >= 15 is 0 Å². The van der Waals surface area contributed by atoms with E-state index in [4.69, 9.17) is 0 Å². The van der Waals surface area contributed by atoms with Crippen LogP contribution >= 0.6 is 0 Å². The summed E-state index contributed by atoms with van der Waals surface area (Å²) in [6, 6.07) is -1.53. The topological polar surface area (TPSA) is 27.7 Å². The van der Waals surface area contributed by atoms with Gasteiger partial charge < -0.3 is 13.3 Å². The molecule has 0 aromatic heterocycles. The van der Waals surface area contributed by atoms with Crippen LogP contribution in [0.1, 0.15) is 6.42 Å². The van der Waals surface area contributed by atoms with E-state index in [9.17, 15) is 65.9 Å². The second-order valence-electron chi connectivity index (χ2n) is 5.88. The molecule has 0 N–H and O–H groups in total. The van der Waals surface area contributed by atoms with Crippen LogP contribution in [0.4, 0.5) is 65.9 Å². The highest BCUT2D eigenvalue weighted by atomic mass is 28.4. The molecule has 0 rings (SSSR count). The number of alkyl halides is 15. The third-order valence-electron chi connectivity index (χ3n) is 4.14. The van der Waals surface area contributed by atoms with Crippen molar-refractivity contribution in [2.75, 3.05) is 21.3 Å². The standard InChI is InChI=1S/C12H13F15O3Si/c1-28-31(29-2,30-3)5-4-6(13,14)8(16,17)10(20,21)9(18,19)7(15,11(22,23)24)12(25,26)27/h4-5H2,1-3H3. The van der Waals surface area contributed by atoms with Crippen LogP contribution in [0.3, 0.4) is 0 Å². The quantitative estimate of drug-likeness (QED) is 0.277. The first-order chi connectivity index (χ1) is 13.4. The summed E-state index contributed by atoms with van der Waals surface area (Å²) in [5.41, 5.74) is -8.31. The maximum Gasteiger partial charge on any atom is 0.500 e. The van der Waals surface area contributed by atoms with E-state index in [-0.39, 0.29) is 0 Å². The largest absolute Gasteiger partial charge is 0.500 e. The van der Waals surface area contributed by atoms with Gasteiger partial charge in [-0.3, -0.25) is 0 Å². The van der Waals surface area contributed by atoms with Crippen molar-refractivity contribution in [2.24, 2.45) is 0 Å². The Kier molecular flexibility index (Phi) is 8.18. The van der Waals surface area contributed by atoms with Gasteiger partial charge in [0.05, 0.1) is 0 Å². The summed E-state index contributed by atoms with van der Waals surface area (Å²) in [7, 11) is -2.16. The molecule has 0 aliphatic rings. The molecular weight excluding hydrogens is 505 g/mol. The van der Waals surface area contributed by atoms with E-state index in [0.29, 0.717) is 21.3 Å². The number of hydrogen-bond acceptors (Lipinski definition) is 3. The Hall–Kier alpha value is -0.953. The van der Waals surface area contributed by atoms with Crippen molar-refractivity contribution in [1.82, 2.24) is 0 Å². The third kappa shape index (κ3) is 4.46. The molecule has 0 atom stereocenters. The van der Waals surface area contributed by atoms with Crippen LogP contribution in [-0.4, -0.2) is 71.8 Å². The molecule has 3 nitrogen and oxygen atoms in total. The zero-order valence-electron chi connectivity index (χ0n) is 15.3. The van der Waals surface area contributed by atoms with Crippen molar-refractivity contribution in [1.29, 1.82) is 0 Å². The van der Waals surface area contributed by atoms with Crippen molar-refractivity contribution in [2.45, 2.75) is 54.2 Å². The molecule has 0 aliphatic heterocycles. The van der Waals surface area contributed by atoms with Crippen LogP contribution < -0.4 is 0 Å². The molecule has 188 valence electrons. The van der Waals surface area contributed by atoms with Gasteiger partial charge in [0.2, 0.25) is 0 Å². The number of hydrogen-bond donors (Lipinski definition) is 0. The van der Waals surface area contributed by atoms with E-state index < -0.39 is 63.0 Å². The van der Waals surface area contributed by atoms with Gasteiger partial charge >= 0.3 is 50.5 Å². The fourth-order valence-electron chi connectivity index (χ4n) is 2.18. The molecule has 0 spiro atoms. The zero-order valence-corrected chi connectivity index (χ0v) is 16.3. The molecule has 31 heavy (non-hydrogen) atoms. The molecule has 0 radical (unpaired) electrons. The first kappa shape index (κ1) is 30.0. The molecule has 0 aliphatic carbocycles. The van der Waals surface area contributed by atoms with Gasteiger partial charge in [-0.05, 0) is 0 Å². The number of halogens is 15. The average molecular weight is 518 g/mol. The summed E-state index contributed by atoms with van der Waals surface area (Å²) >= 11 is 0. The van der Waals surface area contributed by atoms with Crippen LogP contribution in [0.5, 0.6) is 0 Å². The zero-order chi connectivity index (χ0) is 25.5. The summed E-state index contributed by atoms with van der Waals surface area (Å²) in [5.74, 6) is -30.7. The Morgan fingerprint density at radius 2 is 0.839 bits per heavy atom. The van der Waals surface area contributed by atoms with Gasteiger partial charge in [0.25, 0.3) is 0 Å². The van der Waals surface area contributed by atoms with Crippen molar-refractivity contribution in [3.05, 3.63) is 0 Å². The minimum absolute atomic E-state index is 0.711. The Balaban J connectivity index is 6.49. The normalized spacial score (nSPS) is 16.1. The maximum absolute atomic E-state index is 13.8. The van der Waals surface area contributed by atoms with Gasteiger partial charge in [-0.1, -0.05) is 0 Å². The lowest BCUT2D eigenvalue weighted by molar-refractivity contribution is -0.457.